The molecule has 3 rings (SSSR count). The topological polar surface area (TPSA) is 74.2 Å². The lowest BCUT2D eigenvalue weighted by molar-refractivity contribution is 0.0754. The second kappa shape index (κ2) is 7.28. The number of nitrogens with one attached hydrogen (secondary N) is 2. The van der Waals surface area contributed by atoms with Crippen molar-refractivity contribution in [1.29, 1.82) is 0 Å². The van der Waals surface area contributed by atoms with Crippen molar-refractivity contribution in [3.05, 3.63) is 41.1 Å². The van der Waals surface area contributed by atoms with E-state index >= 15 is 0 Å². The van der Waals surface area contributed by atoms with Gasteiger partial charge in [0.05, 0.1) is 17.2 Å². The molecule has 0 aliphatic carbocycles. The van der Waals surface area contributed by atoms with Crippen molar-refractivity contribution in [2.45, 2.75) is 32.8 Å². The largest absolute Gasteiger partial charge is 0.391 e. The maximum Gasteiger partial charge on any atom is 0.252 e. The number of carbonyl (C=O) groups is 1. The first kappa shape index (κ1) is 16.9. The summed E-state index contributed by atoms with van der Waals surface area (Å²) in [6.07, 6.45) is 1.39. The van der Waals surface area contributed by atoms with Gasteiger partial charge in [-0.05, 0) is 50.1 Å². The molecule has 1 amide bonds. The maximum absolute atomic E-state index is 12.7. The molecule has 1 fully saturated rings. The minimum Gasteiger partial charge on any atom is -0.391 e. The highest BCUT2D eigenvalue weighted by Crippen LogP contribution is 2.21. The molecule has 1 aromatic heterocycles. The molecule has 1 aromatic carbocycles. The summed E-state index contributed by atoms with van der Waals surface area (Å²) in [7, 11) is 0. The summed E-state index contributed by atoms with van der Waals surface area (Å²) in [4.78, 5) is 17.3. The van der Waals surface area contributed by atoms with Crippen LogP contribution in [0.25, 0.3) is 10.9 Å². The van der Waals surface area contributed by atoms with Crippen LogP contribution in [0.2, 0.25) is 0 Å². The molecular weight excluding hydrogens is 302 g/mol. The van der Waals surface area contributed by atoms with Gasteiger partial charge < -0.3 is 15.7 Å². The summed E-state index contributed by atoms with van der Waals surface area (Å²) in [5.74, 6) is 0.0140. The number of benzene rings is 1. The number of aromatic nitrogens is 1. The fourth-order valence-electron chi connectivity index (χ4n) is 3.27. The highest BCUT2D eigenvalue weighted by atomic mass is 16.3. The van der Waals surface area contributed by atoms with E-state index in [1.54, 1.807) is 0 Å². The lowest BCUT2D eigenvalue weighted by atomic mass is 9.95. The van der Waals surface area contributed by atoms with Gasteiger partial charge in [0.1, 0.15) is 0 Å². The Morgan fingerprint density at radius 2 is 2.25 bits per heavy atom. The molecule has 0 unspecified atom stereocenters. The second-order valence-corrected chi connectivity index (χ2v) is 6.55. The molecule has 0 radical (unpaired) electrons. The number of fused-ring (bicyclic) bond motifs is 1. The number of β-amino-alcohol motifs (C(OH)–C–C–N with tert-alkyl or cyclic N) is 1. The van der Waals surface area contributed by atoms with E-state index in [1.165, 1.54) is 5.56 Å². The first-order valence-corrected chi connectivity index (χ1v) is 8.65. The van der Waals surface area contributed by atoms with Crippen molar-refractivity contribution in [3.63, 3.8) is 0 Å². The first-order valence-electron chi connectivity index (χ1n) is 8.65. The number of rotatable bonds is 4. The maximum atomic E-state index is 12.7. The Labute approximate surface area is 142 Å². The molecule has 2 atom stereocenters. The van der Waals surface area contributed by atoms with Gasteiger partial charge in [-0.1, -0.05) is 13.0 Å². The quantitative estimate of drug-likeness (QED) is 0.801. The van der Waals surface area contributed by atoms with Gasteiger partial charge in [0.15, 0.2) is 0 Å². The molecule has 2 heterocycles. The predicted molar refractivity (Wildman–Crippen MR) is 95.2 cm³/mol. The Morgan fingerprint density at radius 1 is 1.42 bits per heavy atom. The summed E-state index contributed by atoms with van der Waals surface area (Å²) < 4.78 is 0. The van der Waals surface area contributed by atoms with Gasteiger partial charge in [0.25, 0.3) is 5.91 Å². The number of hydrogen-bond acceptors (Lipinski definition) is 4. The minimum absolute atomic E-state index is 0.0931. The standard InChI is InChI=1S/C19H25N3O2/c1-3-13-4-5-17-15(9-13)16(8-12(2)22-17)19(24)21-10-14-6-7-20-11-18(14)23/h4-5,8-9,14,18,20,23H,3,6-7,10-11H2,1-2H3,(H,21,24)/t14-,18+/m0/s1. The van der Waals surface area contributed by atoms with Crippen molar-refractivity contribution < 1.29 is 9.90 Å². The Bertz CT molecular complexity index is 745. The van der Waals surface area contributed by atoms with E-state index in [-0.39, 0.29) is 11.8 Å². The van der Waals surface area contributed by atoms with E-state index in [9.17, 15) is 9.90 Å². The molecule has 1 aliphatic rings. The van der Waals surface area contributed by atoms with Crippen LogP contribution in [0.4, 0.5) is 0 Å². The van der Waals surface area contributed by atoms with Crippen molar-refractivity contribution >= 4 is 16.8 Å². The van der Waals surface area contributed by atoms with E-state index in [1.807, 2.05) is 19.1 Å². The van der Waals surface area contributed by atoms with Crippen LogP contribution in [0.5, 0.6) is 0 Å². The fourth-order valence-corrected chi connectivity index (χ4v) is 3.27. The first-order chi connectivity index (χ1) is 11.6. The monoisotopic (exact) mass is 327 g/mol. The van der Waals surface area contributed by atoms with Crippen molar-refractivity contribution in [3.8, 4) is 0 Å². The van der Waals surface area contributed by atoms with Crippen LogP contribution in [0.15, 0.2) is 24.3 Å². The zero-order valence-corrected chi connectivity index (χ0v) is 14.3. The smallest absolute Gasteiger partial charge is 0.252 e. The summed E-state index contributed by atoms with van der Waals surface area (Å²) >= 11 is 0. The number of amides is 1. The van der Waals surface area contributed by atoms with Crippen LogP contribution in [0, 0.1) is 12.8 Å². The van der Waals surface area contributed by atoms with E-state index < -0.39 is 6.10 Å². The van der Waals surface area contributed by atoms with Crippen LogP contribution in [0.3, 0.4) is 0 Å². The SMILES string of the molecule is CCc1ccc2nc(C)cc(C(=O)NC[C@@H]3CCNC[C@H]3O)c2c1. The number of aryl methyl sites for hydroxylation is 2. The Kier molecular flexibility index (Phi) is 5.11. The average Bonchev–Trinajstić information content (AvgIpc) is 2.59. The molecule has 0 bridgehead atoms. The molecule has 1 aliphatic heterocycles. The molecule has 1 saturated heterocycles. The highest BCUT2D eigenvalue weighted by molar-refractivity contribution is 6.06. The summed E-state index contributed by atoms with van der Waals surface area (Å²) in [5.41, 5.74) is 3.53. The minimum atomic E-state index is -0.401. The summed E-state index contributed by atoms with van der Waals surface area (Å²) in [5, 5.41) is 17.1. The third-order valence-corrected chi connectivity index (χ3v) is 4.77. The number of aliphatic hydroxyl groups excluding tert-OH is 1. The zero-order chi connectivity index (χ0) is 17.1. The Morgan fingerprint density at radius 3 is 3.00 bits per heavy atom. The number of pyridine rings is 1. The molecule has 0 saturated carbocycles. The van der Waals surface area contributed by atoms with Crippen LogP contribution in [-0.2, 0) is 6.42 Å². The number of carbonyl (C=O) groups excluding carboxylic acids is 1. The fraction of sp³-hybridized carbons (Fsp3) is 0.474. The summed E-state index contributed by atoms with van der Waals surface area (Å²) in [6, 6.07) is 7.93. The highest BCUT2D eigenvalue weighted by Gasteiger charge is 2.23. The van der Waals surface area contributed by atoms with Gasteiger partial charge >= 0.3 is 0 Å². The van der Waals surface area contributed by atoms with Crippen molar-refractivity contribution in [2.24, 2.45) is 5.92 Å². The van der Waals surface area contributed by atoms with E-state index in [0.29, 0.717) is 18.7 Å². The Hall–Kier alpha value is -1.98. The van der Waals surface area contributed by atoms with Crippen LogP contribution >= 0.6 is 0 Å². The van der Waals surface area contributed by atoms with E-state index in [2.05, 4.69) is 34.7 Å². The molecule has 128 valence electrons. The third kappa shape index (κ3) is 3.57. The van der Waals surface area contributed by atoms with E-state index in [0.717, 1.165) is 36.0 Å². The number of aliphatic hydroxyl groups is 1. The van der Waals surface area contributed by atoms with Crippen LogP contribution in [-0.4, -0.2) is 41.7 Å². The third-order valence-electron chi connectivity index (χ3n) is 4.77. The molecule has 24 heavy (non-hydrogen) atoms. The van der Waals surface area contributed by atoms with Gasteiger partial charge in [-0.25, -0.2) is 0 Å². The zero-order valence-electron chi connectivity index (χ0n) is 14.3. The predicted octanol–water partition coefficient (Wildman–Crippen LogP) is 1.81. The molecule has 0 spiro atoms. The van der Waals surface area contributed by atoms with Crippen LogP contribution < -0.4 is 10.6 Å². The Balaban J connectivity index is 1.83. The van der Waals surface area contributed by atoms with Crippen molar-refractivity contribution in [2.75, 3.05) is 19.6 Å². The average molecular weight is 327 g/mol. The van der Waals surface area contributed by atoms with Crippen LogP contribution in [0.1, 0.15) is 35.0 Å². The lowest BCUT2D eigenvalue weighted by Crippen LogP contribution is -2.45. The number of nitrogens with zero attached hydrogens (tertiary/aromatic N) is 1. The van der Waals surface area contributed by atoms with Gasteiger partial charge in [-0.3, -0.25) is 9.78 Å². The van der Waals surface area contributed by atoms with Crippen molar-refractivity contribution in [1.82, 2.24) is 15.6 Å². The molecular formula is C19H25N3O2. The molecule has 5 nitrogen and oxygen atoms in total. The summed E-state index contributed by atoms with van der Waals surface area (Å²) in [6.45, 7) is 5.98. The second-order valence-electron chi connectivity index (χ2n) is 6.55. The van der Waals surface area contributed by atoms with Gasteiger partial charge in [0.2, 0.25) is 0 Å². The van der Waals surface area contributed by atoms with E-state index in [4.69, 9.17) is 0 Å². The number of hydrogen-bond donors (Lipinski definition) is 3. The molecule has 3 N–H and O–H groups in total. The van der Waals surface area contributed by atoms with Gasteiger partial charge in [-0.2, -0.15) is 0 Å². The lowest BCUT2D eigenvalue weighted by Gasteiger charge is -2.28. The molecule has 2 aromatic rings. The molecule has 5 heteroatoms. The van der Waals surface area contributed by atoms with Gasteiger partial charge in [0, 0.05) is 30.1 Å². The number of piperidine rings is 1. The van der Waals surface area contributed by atoms with Gasteiger partial charge in [-0.15, -0.1) is 0 Å². The normalized spacial score (nSPS) is 21.0.